The molecule has 1 fully saturated rings. The van der Waals surface area contributed by atoms with Crippen LogP contribution < -0.4 is 4.72 Å². The zero-order chi connectivity index (χ0) is 20.2. The van der Waals surface area contributed by atoms with Gasteiger partial charge in [0.2, 0.25) is 10.0 Å². The van der Waals surface area contributed by atoms with E-state index in [1.54, 1.807) is 4.90 Å². The van der Waals surface area contributed by atoms with Gasteiger partial charge < -0.3 is 14.4 Å². The first-order valence-corrected chi connectivity index (χ1v) is 11.2. The number of carbonyl (C=O) groups is 1. The normalized spacial score (nSPS) is 20.7. The lowest BCUT2D eigenvalue weighted by atomic mass is 10.0. The molecular weight excluding hydrogens is 436 g/mol. The lowest BCUT2D eigenvalue weighted by Gasteiger charge is -2.31. The van der Waals surface area contributed by atoms with Gasteiger partial charge in [-0.15, -0.1) is 0 Å². The van der Waals surface area contributed by atoms with Crippen LogP contribution in [0.25, 0.3) is 0 Å². The minimum Gasteiger partial charge on any atom is -0.444 e. The molecule has 1 aromatic rings. The number of methoxy groups -OCH3 is 1. The van der Waals surface area contributed by atoms with Crippen LogP contribution in [0.1, 0.15) is 32.8 Å². The molecule has 1 heterocycles. The molecule has 0 bridgehead atoms. The van der Waals surface area contributed by atoms with Crippen molar-refractivity contribution in [2.45, 2.75) is 51.3 Å². The summed E-state index contributed by atoms with van der Waals surface area (Å²) in [7, 11) is -2.26. The number of nitrogens with one attached hydrogen (secondary N) is 1. The molecule has 9 heteroatoms. The predicted molar refractivity (Wildman–Crippen MR) is 107 cm³/mol. The molecule has 1 aliphatic heterocycles. The van der Waals surface area contributed by atoms with Crippen LogP contribution in [0, 0.1) is 0 Å². The summed E-state index contributed by atoms with van der Waals surface area (Å²) in [6.45, 7) is 5.85. The number of rotatable bonds is 6. The Hall–Kier alpha value is -1.16. The smallest absolute Gasteiger partial charge is 0.410 e. The van der Waals surface area contributed by atoms with Gasteiger partial charge in [-0.2, -0.15) is 0 Å². The van der Waals surface area contributed by atoms with E-state index in [1.807, 2.05) is 45.0 Å². The van der Waals surface area contributed by atoms with E-state index in [9.17, 15) is 13.2 Å². The Morgan fingerprint density at radius 3 is 2.67 bits per heavy atom. The minimum absolute atomic E-state index is 0.346. The van der Waals surface area contributed by atoms with Gasteiger partial charge in [0.05, 0.1) is 6.04 Å². The number of ether oxygens (including phenoxy) is 2. The summed E-state index contributed by atoms with van der Waals surface area (Å²) in [5.74, 6) is -0.417. The predicted octanol–water partition coefficient (Wildman–Crippen LogP) is 2.89. The molecule has 0 spiro atoms. The van der Waals surface area contributed by atoms with Crippen molar-refractivity contribution in [3.63, 3.8) is 0 Å². The third-order valence-electron chi connectivity index (χ3n) is 4.11. The van der Waals surface area contributed by atoms with E-state index in [0.717, 1.165) is 10.0 Å². The van der Waals surface area contributed by atoms with Crippen LogP contribution in [0.2, 0.25) is 0 Å². The minimum atomic E-state index is -3.59. The second kappa shape index (κ2) is 8.89. The van der Waals surface area contributed by atoms with E-state index in [-0.39, 0.29) is 6.04 Å². The summed E-state index contributed by atoms with van der Waals surface area (Å²) >= 11 is 3.45. The van der Waals surface area contributed by atoms with Gasteiger partial charge in [-0.05, 0) is 51.3 Å². The fourth-order valence-electron chi connectivity index (χ4n) is 3.12. The number of carbonyl (C=O) groups excluding carboxylic acids is 1. The lowest BCUT2D eigenvalue weighted by molar-refractivity contribution is 0.0218. The molecule has 0 unspecified atom stereocenters. The maximum absolute atomic E-state index is 12.7. The van der Waals surface area contributed by atoms with Gasteiger partial charge in [-0.1, -0.05) is 28.1 Å². The van der Waals surface area contributed by atoms with Gasteiger partial charge in [-0.25, -0.2) is 17.9 Å². The monoisotopic (exact) mass is 462 g/mol. The average Bonchev–Trinajstić information content (AvgIpc) is 2.87. The molecule has 1 aromatic carbocycles. The van der Waals surface area contributed by atoms with Crippen molar-refractivity contribution in [2.24, 2.45) is 0 Å². The SMILES string of the molecule is COCS(=O)(=O)N[C@H]1CCN(C(=O)OC(C)(C)C)[C@H]1Cc1cccc(Br)c1. The lowest BCUT2D eigenvalue weighted by Crippen LogP contribution is -2.49. The molecule has 1 amide bonds. The second-order valence-corrected chi connectivity index (χ2v) is 10.2. The molecular formula is C18H27BrN2O5S. The molecule has 1 N–H and O–H groups in total. The van der Waals surface area contributed by atoms with E-state index in [2.05, 4.69) is 20.7 Å². The summed E-state index contributed by atoms with van der Waals surface area (Å²) in [6.07, 6.45) is 0.593. The summed E-state index contributed by atoms with van der Waals surface area (Å²) in [6, 6.07) is 7.00. The molecule has 2 rings (SSSR count). The first kappa shape index (κ1) is 22.1. The van der Waals surface area contributed by atoms with Gasteiger partial charge >= 0.3 is 6.09 Å². The van der Waals surface area contributed by atoms with Crippen LogP contribution in [0.3, 0.4) is 0 Å². The van der Waals surface area contributed by atoms with Gasteiger partial charge in [0.25, 0.3) is 0 Å². The maximum atomic E-state index is 12.7. The van der Waals surface area contributed by atoms with Crippen molar-refractivity contribution in [2.75, 3.05) is 19.6 Å². The number of hydrogen-bond donors (Lipinski definition) is 1. The highest BCUT2D eigenvalue weighted by Gasteiger charge is 2.40. The number of sulfonamides is 1. The van der Waals surface area contributed by atoms with Crippen molar-refractivity contribution in [3.05, 3.63) is 34.3 Å². The third kappa shape index (κ3) is 6.74. The maximum Gasteiger partial charge on any atom is 0.410 e. The van der Waals surface area contributed by atoms with E-state index in [0.29, 0.717) is 19.4 Å². The second-order valence-electron chi connectivity index (χ2n) is 7.61. The van der Waals surface area contributed by atoms with Gasteiger partial charge in [0.1, 0.15) is 5.60 Å². The van der Waals surface area contributed by atoms with Crippen LogP contribution >= 0.6 is 15.9 Å². The molecule has 27 heavy (non-hydrogen) atoms. The molecule has 0 aliphatic carbocycles. The number of hydrogen-bond acceptors (Lipinski definition) is 5. The highest BCUT2D eigenvalue weighted by atomic mass is 79.9. The van der Waals surface area contributed by atoms with Crippen molar-refractivity contribution in [3.8, 4) is 0 Å². The van der Waals surface area contributed by atoms with Crippen LogP contribution in [0.5, 0.6) is 0 Å². The number of benzene rings is 1. The molecule has 2 atom stereocenters. The fourth-order valence-corrected chi connectivity index (χ4v) is 4.68. The Balaban J connectivity index is 2.24. The molecule has 152 valence electrons. The Morgan fingerprint density at radius 1 is 1.37 bits per heavy atom. The van der Waals surface area contributed by atoms with Crippen molar-refractivity contribution >= 4 is 32.0 Å². The number of likely N-dealkylation sites (tertiary alicyclic amines) is 1. The van der Waals surface area contributed by atoms with E-state index in [1.165, 1.54) is 7.11 Å². The van der Waals surface area contributed by atoms with E-state index >= 15 is 0 Å². The Labute approximate surface area is 169 Å². The topological polar surface area (TPSA) is 84.9 Å². The van der Waals surface area contributed by atoms with Crippen LogP contribution in [-0.4, -0.2) is 56.7 Å². The van der Waals surface area contributed by atoms with Gasteiger partial charge in [-0.3, -0.25) is 0 Å². The zero-order valence-corrected chi connectivity index (χ0v) is 18.5. The van der Waals surface area contributed by atoms with Crippen LogP contribution in [0.15, 0.2) is 28.7 Å². The molecule has 0 aromatic heterocycles. The Morgan fingerprint density at radius 2 is 2.07 bits per heavy atom. The number of amides is 1. The third-order valence-corrected chi connectivity index (χ3v) is 5.81. The van der Waals surface area contributed by atoms with Gasteiger partial charge in [0.15, 0.2) is 5.94 Å². The van der Waals surface area contributed by atoms with Crippen LogP contribution in [-0.2, 0) is 25.9 Å². The quantitative estimate of drug-likeness (QED) is 0.702. The average molecular weight is 463 g/mol. The van der Waals surface area contributed by atoms with Crippen molar-refractivity contribution in [1.82, 2.24) is 9.62 Å². The summed E-state index contributed by atoms with van der Waals surface area (Å²) in [5.41, 5.74) is 0.381. The summed E-state index contributed by atoms with van der Waals surface area (Å²) in [4.78, 5) is 14.3. The molecule has 0 saturated carbocycles. The zero-order valence-electron chi connectivity index (χ0n) is 16.1. The Kier molecular flexibility index (Phi) is 7.29. The standard InChI is InChI=1S/C18H27BrN2O5S/c1-18(2,3)26-17(22)21-9-8-15(20-27(23,24)12-25-4)16(21)11-13-6-5-7-14(19)10-13/h5-7,10,15-16,20H,8-9,11-12H2,1-4H3/t15-,16-/m0/s1. The first-order chi connectivity index (χ1) is 12.5. The summed E-state index contributed by atoms with van der Waals surface area (Å²) < 4.78 is 38.2. The van der Waals surface area contributed by atoms with E-state index in [4.69, 9.17) is 9.47 Å². The van der Waals surface area contributed by atoms with Crippen molar-refractivity contribution in [1.29, 1.82) is 0 Å². The summed E-state index contributed by atoms with van der Waals surface area (Å²) in [5, 5.41) is 0. The highest BCUT2D eigenvalue weighted by Crippen LogP contribution is 2.26. The Bertz CT molecular complexity index is 763. The van der Waals surface area contributed by atoms with Gasteiger partial charge in [0, 0.05) is 24.2 Å². The molecule has 1 aliphatic rings. The fraction of sp³-hybridized carbons (Fsp3) is 0.611. The molecule has 7 nitrogen and oxygen atoms in total. The highest BCUT2D eigenvalue weighted by molar-refractivity contribution is 9.10. The molecule has 0 radical (unpaired) electrons. The van der Waals surface area contributed by atoms with Crippen LogP contribution in [0.4, 0.5) is 4.79 Å². The largest absolute Gasteiger partial charge is 0.444 e. The first-order valence-electron chi connectivity index (χ1n) is 8.74. The number of halogens is 1. The van der Waals surface area contributed by atoms with E-state index < -0.39 is 33.7 Å². The van der Waals surface area contributed by atoms with Crippen molar-refractivity contribution < 1.29 is 22.7 Å². The molecule has 1 saturated heterocycles. The number of nitrogens with zero attached hydrogens (tertiary/aromatic N) is 1.